The van der Waals surface area contributed by atoms with Crippen LogP contribution in [0.2, 0.25) is 0 Å². The Bertz CT molecular complexity index is 896. The van der Waals surface area contributed by atoms with Gasteiger partial charge >= 0.3 is 12.1 Å². The molecular weight excluding hydrogens is 393 g/mol. The summed E-state index contributed by atoms with van der Waals surface area (Å²) in [5, 5.41) is 10.5. The number of aliphatic carboxylic acids is 1. The van der Waals surface area contributed by atoms with Gasteiger partial charge in [0, 0.05) is 6.42 Å². The maximum atomic E-state index is 13.6. The van der Waals surface area contributed by atoms with Gasteiger partial charge in [-0.15, -0.1) is 0 Å². The number of carboxylic acid groups (broad SMARTS) is 1. The fourth-order valence-corrected chi connectivity index (χ4v) is 6.36. The van der Waals surface area contributed by atoms with Crippen molar-refractivity contribution in [3.05, 3.63) is 66.2 Å². The topological polar surface area (TPSA) is 113 Å². The summed E-state index contributed by atoms with van der Waals surface area (Å²) in [6, 6.07) is 17.2. The fraction of sp³-hybridized carbons (Fsp3) is 0.333. The van der Waals surface area contributed by atoms with Gasteiger partial charge in [0.15, 0.2) is 0 Å². The third-order valence-corrected chi connectivity index (χ3v) is 8.40. The smallest absolute Gasteiger partial charge is 0.413 e. The first-order valence-corrected chi connectivity index (χ1v) is 11.2. The van der Waals surface area contributed by atoms with E-state index in [4.69, 9.17) is 4.74 Å². The van der Waals surface area contributed by atoms with Gasteiger partial charge in [0.05, 0.1) is 0 Å². The van der Waals surface area contributed by atoms with Gasteiger partial charge in [-0.25, -0.2) is 4.79 Å². The first-order chi connectivity index (χ1) is 13.8. The van der Waals surface area contributed by atoms with Gasteiger partial charge in [0.1, 0.15) is 16.7 Å². The van der Waals surface area contributed by atoms with Gasteiger partial charge in [-0.05, 0) is 30.5 Å². The van der Waals surface area contributed by atoms with Crippen molar-refractivity contribution in [2.45, 2.75) is 43.0 Å². The molecule has 2 aromatic carbocycles. The maximum Gasteiger partial charge on any atom is 0.413 e. The number of hydrogen-bond acceptors (Lipinski definition) is 4. The van der Waals surface area contributed by atoms with E-state index in [9.17, 15) is 24.2 Å². The first kappa shape index (κ1) is 21.1. The number of hydrogen-bond donors (Lipinski definition) is 3. The number of carbonyl (C=O) groups is 2. The van der Waals surface area contributed by atoms with Crippen molar-refractivity contribution in [1.29, 1.82) is 0 Å². The van der Waals surface area contributed by atoms with E-state index in [1.54, 1.807) is 54.6 Å². The van der Waals surface area contributed by atoms with Crippen LogP contribution >= 0.6 is 7.37 Å². The van der Waals surface area contributed by atoms with Crippen LogP contribution in [0.15, 0.2) is 60.7 Å². The van der Waals surface area contributed by atoms with Crippen LogP contribution in [0.5, 0.6) is 5.75 Å². The average molecular weight is 417 g/mol. The van der Waals surface area contributed by atoms with E-state index in [1.165, 1.54) is 0 Å². The summed E-state index contributed by atoms with van der Waals surface area (Å²) in [4.78, 5) is 35.5. The molecule has 1 saturated carbocycles. The standard InChI is InChI=1S/C21H24NO6P/c23-19(24)21(13-7-8-14-21)29(26,27)18(15-16-9-3-1-4-10-16)22-20(25)28-17-11-5-2-6-12-17/h1-6,9-12,18H,7-8,13-15H2,(H,22,25)(H,23,24)(H,26,27)/t18-/m1/s1. The van der Waals surface area contributed by atoms with E-state index in [2.05, 4.69) is 5.32 Å². The van der Waals surface area contributed by atoms with Gasteiger partial charge < -0.3 is 20.1 Å². The van der Waals surface area contributed by atoms with Crippen LogP contribution in [0, 0.1) is 0 Å². The highest BCUT2D eigenvalue weighted by Crippen LogP contribution is 2.64. The van der Waals surface area contributed by atoms with Crippen molar-refractivity contribution < 1.29 is 28.9 Å². The predicted molar refractivity (Wildman–Crippen MR) is 108 cm³/mol. The molecule has 0 saturated heterocycles. The van der Waals surface area contributed by atoms with Gasteiger partial charge in [-0.3, -0.25) is 9.36 Å². The highest BCUT2D eigenvalue weighted by Gasteiger charge is 2.59. The van der Waals surface area contributed by atoms with Crippen LogP contribution in [0.1, 0.15) is 31.2 Å². The highest BCUT2D eigenvalue weighted by molar-refractivity contribution is 7.61. The van der Waals surface area contributed by atoms with Crippen LogP contribution in [0.25, 0.3) is 0 Å². The van der Waals surface area contributed by atoms with Gasteiger partial charge in [0.2, 0.25) is 7.37 Å². The molecule has 0 bridgehead atoms. The van der Waals surface area contributed by atoms with Crippen molar-refractivity contribution in [2.24, 2.45) is 0 Å². The lowest BCUT2D eigenvalue weighted by molar-refractivity contribution is -0.140. The molecule has 1 aliphatic carbocycles. The Kier molecular flexibility index (Phi) is 6.40. The summed E-state index contributed by atoms with van der Waals surface area (Å²) < 4.78 is 18.8. The molecule has 8 heteroatoms. The Morgan fingerprint density at radius 3 is 2.14 bits per heavy atom. The zero-order chi connectivity index (χ0) is 20.9. The molecule has 1 fully saturated rings. The van der Waals surface area contributed by atoms with Crippen molar-refractivity contribution in [3.63, 3.8) is 0 Å². The van der Waals surface area contributed by atoms with E-state index in [1.807, 2.05) is 6.07 Å². The second-order valence-electron chi connectivity index (χ2n) is 7.22. The van der Waals surface area contributed by atoms with Crippen molar-refractivity contribution in [2.75, 3.05) is 0 Å². The minimum atomic E-state index is -4.37. The summed E-state index contributed by atoms with van der Waals surface area (Å²) in [5.41, 5.74) is 0.713. The van der Waals surface area contributed by atoms with E-state index in [0.29, 0.717) is 18.4 Å². The molecule has 1 amide bonds. The Morgan fingerprint density at radius 2 is 1.59 bits per heavy atom. The number of amides is 1. The summed E-state index contributed by atoms with van der Waals surface area (Å²) >= 11 is 0. The third-order valence-electron chi connectivity index (χ3n) is 5.37. The molecule has 2 atom stereocenters. The SMILES string of the molecule is O=C(N[C@@H](Cc1ccccc1)P(=O)(O)C1(C(=O)O)CCCC1)Oc1ccccc1. The van der Waals surface area contributed by atoms with Crippen LogP contribution in [-0.2, 0) is 15.8 Å². The van der Waals surface area contributed by atoms with Crippen molar-refractivity contribution in [3.8, 4) is 5.75 Å². The second kappa shape index (κ2) is 8.80. The maximum absolute atomic E-state index is 13.6. The molecule has 0 heterocycles. The Balaban J connectivity index is 1.88. The Hall–Kier alpha value is -2.63. The molecule has 1 unspecified atom stereocenters. The largest absolute Gasteiger partial charge is 0.480 e. The predicted octanol–water partition coefficient (Wildman–Crippen LogP) is 4.01. The molecule has 0 radical (unpaired) electrons. The lowest BCUT2D eigenvalue weighted by atomic mass is 10.1. The quantitative estimate of drug-likeness (QED) is 0.587. The summed E-state index contributed by atoms with van der Waals surface area (Å²) in [6.07, 6.45) is 0.457. The molecule has 7 nitrogen and oxygen atoms in total. The molecule has 0 spiro atoms. The lowest BCUT2D eigenvalue weighted by Crippen LogP contribution is -2.46. The van der Waals surface area contributed by atoms with E-state index < -0.39 is 30.4 Å². The molecule has 3 N–H and O–H groups in total. The molecule has 2 aromatic rings. The fourth-order valence-electron chi connectivity index (χ4n) is 3.79. The van der Waals surface area contributed by atoms with Crippen LogP contribution in [0.3, 0.4) is 0 Å². The second-order valence-corrected chi connectivity index (χ2v) is 9.94. The van der Waals surface area contributed by atoms with E-state index in [0.717, 1.165) is 0 Å². The monoisotopic (exact) mass is 417 g/mol. The third kappa shape index (κ3) is 4.52. The number of carboxylic acids is 1. The number of carbonyl (C=O) groups excluding carboxylic acids is 1. The number of para-hydroxylation sites is 1. The minimum Gasteiger partial charge on any atom is -0.480 e. The molecule has 1 aliphatic rings. The zero-order valence-electron chi connectivity index (χ0n) is 15.9. The van der Waals surface area contributed by atoms with Gasteiger partial charge in [-0.2, -0.15) is 0 Å². The molecule has 3 rings (SSSR count). The van der Waals surface area contributed by atoms with Crippen molar-refractivity contribution in [1.82, 2.24) is 5.32 Å². The van der Waals surface area contributed by atoms with Gasteiger partial charge in [-0.1, -0.05) is 61.4 Å². The first-order valence-electron chi connectivity index (χ1n) is 9.48. The zero-order valence-corrected chi connectivity index (χ0v) is 16.8. The van der Waals surface area contributed by atoms with Crippen molar-refractivity contribution >= 4 is 19.4 Å². The molecule has 0 aromatic heterocycles. The average Bonchev–Trinajstić information content (AvgIpc) is 3.21. The highest BCUT2D eigenvalue weighted by atomic mass is 31.2. The Labute approximate surface area is 169 Å². The minimum absolute atomic E-state index is 0.0214. The molecule has 29 heavy (non-hydrogen) atoms. The molecule has 0 aliphatic heterocycles. The number of ether oxygens (including phenoxy) is 1. The van der Waals surface area contributed by atoms with E-state index in [-0.39, 0.29) is 25.0 Å². The number of benzene rings is 2. The van der Waals surface area contributed by atoms with E-state index >= 15 is 0 Å². The lowest BCUT2D eigenvalue weighted by Gasteiger charge is -2.35. The normalized spacial score (nSPS) is 18.4. The number of rotatable bonds is 7. The van der Waals surface area contributed by atoms with Crippen LogP contribution in [0.4, 0.5) is 4.79 Å². The number of nitrogens with one attached hydrogen (secondary N) is 1. The van der Waals surface area contributed by atoms with Crippen LogP contribution in [-0.4, -0.2) is 33.0 Å². The summed E-state index contributed by atoms with van der Waals surface area (Å²) in [7, 11) is -4.37. The molecular formula is C21H24NO6P. The Morgan fingerprint density at radius 1 is 1.03 bits per heavy atom. The van der Waals surface area contributed by atoms with Gasteiger partial charge in [0.25, 0.3) is 0 Å². The summed E-state index contributed by atoms with van der Waals surface area (Å²) in [6.45, 7) is 0. The summed E-state index contributed by atoms with van der Waals surface area (Å²) in [5.74, 6) is -2.29. The van der Waals surface area contributed by atoms with Crippen LogP contribution < -0.4 is 10.1 Å². The molecule has 154 valence electrons.